The van der Waals surface area contributed by atoms with E-state index in [2.05, 4.69) is 0 Å². The van der Waals surface area contributed by atoms with Gasteiger partial charge in [-0.15, -0.1) is 0 Å². The van der Waals surface area contributed by atoms with Crippen LogP contribution in [0.5, 0.6) is 0 Å². The summed E-state index contributed by atoms with van der Waals surface area (Å²) in [6, 6.07) is 6.83. The number of rotatable bonds is 1. The Morgan fingerprint density at radius 3 is 2.14 bits per heavy atom. The Morgan fingerprint density at radius 2 is 1.64 bits per heavy atom. The molecular weight excluding hydrogens is 242 g/mol. The van der Waals surface area contributed by atoms with E-state index in [0.717, 1.165) is 0 Å². The van der Waals surface area contributed by atoms with E-state index in [-0.39, 0.29) is 0 Å². The molecule has 4 heteroatoms. The molecule has 0 aliphatic rings. The van der Waals surface area contributed by atoms with Gasteiger partial charge in [0.15, 0.2) is 0 Å². The number of halogens is 3. The van der Waals surface area contributed by atoms with E-state index in [0.29, 0.717) is 26.4 Å². The molecule has 0 bridgehead atoms. The summed E-state index contributed by atoms with van der Waals surface area (Å²) in [6.45, 7) is 0. The molecule has 0 N–H and O–H groups in total. The van der Waals surface area contributed by atoms with Crippen LogP contribution in [0.15, 0.2) is 34.9 Å². The van der Waals surface area contributed by atoms with Crippen molar-refractivity contribution >= 4 is 34.8 Å². The van der Waals surface area contributed by atoms with E-state index in [4.69, 9.17) is 39.2 Å². The Labute approximate surface area is 96.2 Å². The van der Waals surface area contributed by atoms with Crippen LogP contribution >= 0.6 is 34.8 Å². The third-order valence-electron chi connectivity index (χ3n) is 1.77. The molecule has 1 aromatic carbocycles. The molecule has 0 aliphatic heterocycles. The molecule has 0 fully saturated rings. The van der Waals surface area contributed by atoms with Crippen molar-refractivity contribution in [2.24, 2.45) is 0 Å². The predicted octanol–water partition coefficient (Wildman–Crippen LogP) is 4.91. The maximum atomic E-state index is 6.00. The van der Waals surface area contributed by atoms with E-state index in [1.165, 1.54) is 0 Å². The van der Waals surface area contributed by atoms with Gasteiger partial charge in [-0.25, -0.2) is 0 Å². The molecule has 0 saturated heterocycles. The Balaban J connectivity index is 2.64. The first-order chi connectivity index (χ1) is 6.68. The van der Waals surface area contributed by atoms with Gasteiger partial charge in [0.05, 0.1) is 21.9 Å². The fraction of sp³-hybridized carbons (Fsp3) is 0. The van der Waals surface area contributed by atoms with Gasteiger partial charge < -0.3 is 4.42 Å². The molecule has 72 valence electrons. The van der Waals surface area contributed by atoms with Crippen molar-refractivity contribution in [3.63, 3.8) is 0 Å². The summed E-state index contributed by atoms with van der Waals surface area (Å²) in [5.41, 5.74) is 0.669. The molecule has 1 heterocycles. The Kier molecular flexibility index (Phi) is 2.73. The van der Waals surface area contributed by atoms with Crippen LogP contribution < -0.4 is 0 Å². The van der Waals surface area contributed by atoms with Crippen molar-refractivity contribution in [3.8, 4) is 11.3 Å². The topological polar surface area (TPSA) is 13.1 Å². The van der Waals surface area contributed by atoms with E-state index in [9.17, 15) is 0 Å². The minimum absolute atomic E-state index is 0.484. The van der Waals surface area contributed by atoms with Gasteiger partial charge in [-0.1, -0.05) is 34.8 Å². The maximum absolute atomic E-state index is 6.00. The second kappa shape index (κ2) is 3.85. The molecule has 0 radical (unpaired) electrons. The zero-order valence-electron chi connectivity index (χ0n) is 6.93. The van der Waals surface area contributed by atoms with Gasteiger partial charge in [-0.3, -0.25) is 0 Å². The van der Waals surface area contributed by atoms with Gasteiger partial charge in [0, 0.05) is 5.02 Å². The second-order valence-corrected chi connectivity index (χ2v) is 3.97. The fourth-order valence-electron chi connectivity index (χ4n) is 1.20. The van der Waals surface area contributed by atoms with Crippen LogP contribution in [0.25, 0.3) is 11.3 Å². The quantitative estimate of drug-likeness (QED) is 0.698. The van der Waals surface area contributed by atoms with Crippen LogP contribution in [0.4, 0.5) is 0 Å². The monoisotopic (exact) mass is 246 g/mol. The Morgan fingerprint density at radius 1 is 1.00 bits per heavy atom. The minimum Gasteiger partial charge on any atom is -0.464 e. The van der Waals surface area contributed by atoms with Gasteiger partial charge in [-0.2, -0.15) is 0 Å². The molecule has 2 rings (SSSR count). The van der Waals surface area contributed by atoms with Gasteiger partial charge in [0.25, 0.3) is 0 Å². The highest BCUT2D eigenvalue weighted by atomic mass is 35.5. The highest BCUT2D eigenvalue weighted by Gasteiger charge is 2.11. The number of hydrogen-bond donors (Lipinski definition) is 0. The molecule has 1 aromatic heterocycles. The molecule has 0 unspecified atom stereocenters. The number of hydrogen-bond acceptors (Lipinski definition) is 1. The molecule has 0 aliphatic carbocycles. The first kappa shape index (κ1) is 9.91. The molecule has 0 amide bonds. The lowest BCUT2D eigenvalue weighted by molar-refractivity contribution is 0.582. The molecule has 2 aromatic rings. The summed E-state index contributed by atoms with van der Waals surface area (Å²) in [5.74, 6) is 0.636. The maximum Gasteiger partial charge on any atom is 0.136 e. The van der Waals surface area contributed by atoms with Crippen LogP contribution in [-0.2, 0) is 0 Å². The van der Waals surface area contributed by atoms with Crippen LogP contribution in [0.1, 0.15) is 0 Å². The van der Waals surface area contributed by atoms with Gasteiger partial charge in [-0.05, 0) is 24.3 Å². The van der Waals surface area contributed by atoms with Crippen molar-refractivity contribution in [2.45, 2.75) is 0 Å². The molecule has 14 heavy (non-hydrogen) atoms. The summed E-state index contributed by atoms with van der Waals surface area (Å²) < 4.78 is 5.21. The van der Waals surface area contributed by atoms with Crippen LogP contribution in [0.2, 0.25) is 15.1 Å². The van der Waals surface area contributed by atoms with E-state index >= 15 is 0 Å². The van der Waals surface area contributed by atoms with Crippen LogP contribution in [-0.4, -0.2) is 0 Å². The van der Waals surface area contributed by atoms with Crippen molar-refractivity contribution < 1.29 is 4.42 Å². The Bertz CT molecular complexity index is 425. The van der Waals surface area contributed by atoms with Gasteiger partial charge in [0.1, 0.15) is 5.76 Å². The van der Waals surface area contributed by atoms with Crippen molar-refractivity contribution in [1.82, 2.24) is 0 Å². The summed E-state index contributed by atoms with van der Waals surface area (Å²) in [4.78, 5) is 0. The van der Waals surface area contributed by atoms with E-state index in [1.807, 2.05) is 0 Å². The normalized spacial score (nSPS) is 10.5. The lowest BCUT2D eigenvalue weighted by Gasteiger charge is -2.04. The summed E-state index contributed by atoms with van der Waals surface area (Å²) >= 11 is 17.8. The largest absolute Gasteiger partial charge is 0.464 e. The number of benzene rings is 1. The first-order valence-corrected chi connectivity index (χ1v) is 5.00. The molecule has 0 spiro atoms. The summed E-state index contributed by atoms with van der Waals surface area (Å²) in [7, 11) is 0. The lowest BCUT2D eigenvalue weighted by atomic mass is 10.2. The first-order valence-electron chi connectivity index (χ1n) is 3.87. The van der Waals surface area contributed by atoms with E-state index < -0.39 is 0 Å². The van der Waals surface area contributed by atoms with Gasteiger partial charge in [0.2, 0.25) is 0 Å². The van der Waals surface area contributed by atoms with Gasteiger partial charge >= 0.3 is 0 Å². The highest BCUT2D eigenvalue weighted by Crippen LogP contribution is 2.37. The molecule has 0 atom stereocenters. The highest BCUT2D eigenvalue weighted by molar-refractivity contribution is 6.41. The molecular formula is C10H5Cl3O. The van der Waals surface area contributed by atoms with Crippen molar-refractivity contribution in [3.05, 3.63) is 45.6 Å². The average molecular weight is 248 g/mol. The average Bonchev–Trinajstić information content (AvgIpc) is 2.54. The lowest BCUT2D eigenvalue weighted by Crippen LogP contribution is -1.79. The van der Waals surface area contributed by atoms with Crippen LogP contribution in [0, 0.1) is 0 Å². The second-order valence-electron chi connectivity index (χ2n) is 2.72. The zero-order chi connectivity index (χ0) is 10.1. The zero-order valence-corrected chi connectivity index (χ0v) is 9.20. The van der Waals surface area contributed by atoms with Crippen molar-refractivity contribution in [2.75, 3.05) is 0 Å². The SMILES string of the molecule is Clc1cc(Cl)c(-c2ccco2)c(Cl)c1. The van der Waals surface area contributed by atoms with Crippen molar-refractivity contribution in [1.29, 1.82) is 0 Å². The summed E-state index contributed by atoms with van der Waals surface area (Å²) in [5, 5.41) is 1.48. The third kappa shape index (κ3) is 1.76. The standard InChI is InChI=1S/C10H5Cl3O/c11-6-4-7(12)10(8(13)5-6)9-2-1-3-14-9/h1-5H. The fourth-order valence-corrected chi connectivity index (χ4v) is 2.20. The molecule has 0 saturated carbocycles. The predicted molar refractivity (Wildman–Crippen MR) is 59.2 cm³/mol. The number of furan rings is 1. The van der Waals surface area contributed by atoms with E-state index in [1.54, 1.807) is 30.5 Å². The Hall–Kier alpha value is -0.630. The molecule has 1 nitrogen and oxygen atoms in total. The smallest absolute Gasteiger partial charge is 0.136 e. The third-order valence-corrected chi connectivity index (χ3v) is 2.59. The minimum atomic E-state index is 0.484. The van der Waals surface area contributed by atoms with Crippen LogP contribution in [0.3, 0.4) is 0 Å². The summed E-state index contributed by atoms with van der Waals surface area (Å²) in [6.07, 6.45) is 1.57.